The summed E-state index contributed by atoms with van der Waals surface area (Å²) in [5.74, 6) is -0.742. The summed E-state index contributed by atoms with van der Waals surface area (Å²) in [5, 5.41) is 2.56. The number of aryl methyl sites for hydroxylation is 1. The monoisotopic (exact) mass is 431 g/mol. The van der Waals surface area contributed by atoms with Gasteiger partial charge in [0.1, 0.15) is 12.6 Å². The molecule has 7 nitrogen and oxygen atoms in total. The van der Waals surface area contributed by atoms with Gasteiger partial charge in [0.05, 0.1) is 11.9 Å². The Kier molecular flexibility index (Phi) is 8.00. The lowest BCUT2D eigenvalue weighted by Gasteiger charge is -2.31. The zero-order chi connectivity index (χ0) is 22.3. The summed E-state index contributed by atoms with van der Waals surface area (Å²) < 4.78 is 26.0. The van der Waals surface area contributed by atoms with Crippen LogP contribution in [0.2, 0.25) is 0 Å². The van der Waals surface area contributed by atoms with E-state index in [1.807, 2.05) is 30.3 Å². The molecule has 0 aliphatic rings. The maximum Gasteiger partial charge on any atom is 0.244 e. The number of likely N-dealkylation sites (N-methyl/N-ethyl adjacent to an activating group) is 1. The summed E-state index contributed by atoms with van der Waals surface area (Å²) in [5.41, 5.74) is 2.22. The number of nitrogens with zero attached hydrogens (tertiary/aromatic N) is 2. The van der Waals surface area contributed by atoms with Crippen molar-refractivity contribution >= 4 is 27.5 Å². The quantitative estimate of drug-likeness (QED) is 0.658. The molecular formula is C22H29N3O4S. The van der Waals surface area contributed by atoms with Crippen molar-refractivity contribution in [3.8, 4) is 0 Å². The van der Waals surface area contributed by atoms with Crippen molar-refractivity contribution in [2.45, 2.75) is 26.3 Å². The van der Waals surface area contributed by atoms with Crippen molar-refractivity contribution in [1.29, 1.82) is 0 Å². The highest BCUT2D eigenvalue weighted by Gasteiger charge is 2.29. The van der Waals surface area contributed by atoms with E-state index in [-0.39, 0.29) is 12.5 Å². The molecule has 0 radical (unpaired) electrons. The van der Waals surface area contributed by atoms with Gasteiger partial charge < -0.3 is 10.2 Å². The Balaban J connectivity index is 2.30. The Morgan fingerprint density at radius 1 is 1.03 bits per heavy atom. The van der Waals surface area contributed by atoms with Crippen molar-refractivity contribution in [3.63, 3.8) is 0 Å². The van der Waals surface area contributed by atoms with Gasteiger partial charge in [0.15, 0.2) is 0 Å². The number of carbonyl (C=O) groups excluding carboxylic acids is 2. The third-order valence-electron chi connectivity index (χ3n) is 4.96. The van der Waals surface area contributed by atoms with E-state index in [1.165, 1.54) is 11.9 Å². The lowest BCUT2D eigenvalue weighted by molar-refractivity contribution is -0.138. The second-order valence-corrected chi connectivity index (χ2v) is 9.08. The number of amides is 2. The van der Waals surface area contributed by atoms with Crippen molar-refractivity contribution in [2.75, 3.05) is 30.7 Å². The van der Waals surface area contributed by atoms with Gasteiger partial charge in [-0.05, 0) is 37.5 Å². The molecule has 0 fully saturated rings. The molecule has 1 N–H and O–H groups in total. The lowest BCUT2D eigenvalue weighted by Crippen LogP contribution is -2.51. The van der Waals surface area contributed by atoms with Crippen LogP contribution in [0.15, 0.2) is 54.6 Å². The fourth-order valence-corrected chi connectivity index (χ4v) is 4.12. The largest absolute Gasteiger partial charge is 0.357 e. The van der Waals surface area contributed by atoms with Crippen molar-refractivity contribution in [2.24, 2.45) is 0 Å². The highest BCUT2D eigenvalue weighted by atomic mass is 32.2. The van der Waals surface area contributed by atoms with E-state index >= 15 is 0 Å². The number of hydrogen-bond acceptors (Lipinski definition) is 4. The molecule has 8 heteroatoms. The van der Waals surface area contributed by atoms with E-state index < -0.39 is 22.0 Å². The van der Waals surface area contributed by atoms with Crippen LogP contribution in [-0.2, 0) is 26.0 Å². The van der Waals surface area contributed by atoms with Crippen LogP contribution in [0.5, 0.6) is 0 Å². The first-order valence-electron chi connectivity index (χ1n) is 9.73. The van der Waals surface area contributed by atoms with Gasteiger partial charge in [-0.25, -0.2) is 8.42 Å². The van der Waals surface area contributed by atoms with E-state index in [2.05, 4.69) is 5.32 Å². The van der Waals surface area contributed by atoms with Crippen LogP contribution in [-0.4, -0.2) is 57.6 Å². The van der Waals surface area contributed by atoms with Crippen molar-refractivity contribution in [3.05, 3.63) is 65.7 Å². The van der Waals surface area contributed by atoms with Gasteiger partial charge in [-0.3, -0.25) is 13.9 Å². The summed E-state index contributed by atoms with van der Waals surface area (Å²) in [6, 6.07) is 15.9. The molecule has 162 valence electrons. The summed E-state index contributed by atoms with van der Waals surface area (Å²) in [4.78, 5) is 26.9. The molecule has 0 aliphatic heterocycles. The zero-order valence-corrected chi connectivity index (χ0v) is 18.6. The van der Waals surface area contributed by atoms with Crippen LogP contribution in [0.1, 0.15) is 18.1 Å². The molecule has 0 bridgehead atoms. The molecule has 2 aromatic carbocycles. The third kappa shape index (κ3) is 6.06. The highest BCUT2D eigenvalue weighted by Crippen LogP contribution is 2.22. The molecule has 2 aromatic rings. The van der Waals surface area contributed by atoms with Crippen molar-refractivity contribution in [1.82, 2.24) is 10.2 Å². The first-order valence-corrected chi connectivity index (χ1v) is 11.6. The Morgan fingerprint density at radius 2 is 1.63 bits per heavy atom. The zero-order valence-electron chi connectivity index (χ0n) is 17.8. The molecule has 30 heavy (non-hydrogen) atoms. The van der Waals surface area contributed by atoms with E-state index in [1.54, 1.807) is 38.1 Å². The van der Waals surface area contributed by atoms with Gasteiger partial charge in [-0.1, -0.05) is 48.5 Å². The number of benzene rings is 2. The van der Waals surface area contributed by atoms with E-state index in [4.69, 9.17) is 0 Å². The Hall–Kier alpha value is -2.87. The molecule has 2 rings (SSSR count). The number of rotatable bonds is 9. The number of para-hydroxylation sites is 1. The highest BCUT2D eigenvalue weighted by molar-refractivity contribution is 7.92. The second-order valence-electron chi connectivity index (χ2n) is 7.17. The standard InChI is InChI=1S/C22H29N3O4S/c1-17-10-8-9-13-20(17)25(30(4,28)29)16-21(26)24(18(2)22(27)23-3)15-14-19-11-6-5-7-12-19/h5-13,18H,14-16H2,1-4H3,(H,23,27). The van der Waals surface area contributed by atoms with Crippen LogP contribution in [0.25, 0.3) is 0 Å². The van der Waals surface area contributed by atoms with Gasteiger partial charge in [0, 0.05) is 13.6 Å². The topological polar surface area (TPSA) is 86.8 Å². The fourth-order valence-electron chi connectivity index (χ4n) is 3.22. The third-order valence-corrected chi connectivity index (χ3v) is 6.09. The lowest BCUT2D eigenvalue weighted by atomic mass is 10.1. The van der Waals surface area contributed by atoms with Crippen molar-refractivity contribution < 1.29 is 18.0 Å². The smallest absolute Gasteiger partial charge is 0.244 e. The SMILES string of the molecule is CNC(=O)C(C)N(CCc1ccccc1)C(=O)CN(c1ccccc1C)S(C)(=O)=O. The molecule has 0 heterocycles. The summed E-state index contributed by atoms with van der Waals surface area (Å²) in [6.07, 6.45) is 1.63. The maximum atomic E-state index is 13.2. The van der Waals surface area contributed by atoms with Crippen LogP contribution in [0, 0.1) is 6.92 Å². The normalized spacial score (nSPS) is 12.1. The molecule has 0 aromatic heterocycles. The van der Waals surface area contributed by atoms with Crippen LogP contribution >= 0.6 is 0 Å². The van der Waals surface area contributed by atoms with E-state index in [9.17, 15) is 18.0 Å². The predicted octanol–water partition coefficient (Wildman–Crippen LogP) is 1.97. The average Bonchev–Trinajstić information content (AvgIpc) is 2.72. The Bertz CT molecular complexity index is 977. The molecule has 0 aliphatic carbocycles. The second kappa shape index (κ2) is 10.2. The number of sulfonamides is 1. The Morgan fingerprint density at radius 3 is 2.20 bits per heavy atom. The number of hydrogen-bond donors (Lipinski definition) is 1. The van der Waals surface area contributed by atoms with Gasteiger partial charge in [0.25, 0.3) is 0 Å². The summed E-state index contributed by atoms with van der Waals surface area (Å²) in [6.45, 7) is 3.35. The summed E-state index contributed by atoms with van der Waals surface area (Å²) in [7, 11) is -2.19. The molecule has 0 saturated carbocycles. The number of carbonyl (C=O) groups is 2. The molecule has 1 atom stereocenters. The summed E-state index contributed by atoms with van der Waals surface area (Å²) >= 11 is 0. The molecular weight excluding hydrogens is 402 g/mol. The van der Waals surface area contributed by atoms with Gasteiger partial charge in [0.2, 0.25) is 21.8 Å². The van der Waals surface area contributed by atoms with Crippen LogP contribution < -0.4 is 9.62 Å². The van der Waals surface area contributed by atoms with Gasteiger partial charge in [-0.15, -0.1) is 0 Å². The average molecular weight is 432 g/mol. The molecule has 0 spiro atoms. The van der Waals surface area contributed by atoms with E-state index in [0.29, 0.717) is 18.7 Å². The Labute approximate surface area is 178 Å². The van der Waals surface area contributed by atoms with Crippen LogP contribution in [0.3, 0.4) is 0 Å². The number of nitrogens with one attached hydrogen (secondary N) is 1. The minimum atomic E-state index is -3.70. The number of anilines is 1. The maximum absolute atomic E-state index is 13.2. The first kappa shape index (κ1) is 23.4. The van der Waals surface area contributed by atoms with Gasteiger partial charge in [-0.2, -0.15) is 0 Å². The first-order chi connectivity index (χ1) is 14.1. The molecule has 0 saturated heterocycles. The van der Waals surface area contributed by atoms with E-state index in [0.717, 1.165) is 21.7 Å². The minimum Gasteiger partial charge on any atom is -0.357 e. The minimum absolute atomic E-state index is 0.294. The predicted molar refractivity (Wildman–Crippen MR) is 119 cm³/mol. The fraction of sp³-hybridized carbons (Fsp3) is 0.364. The molecule has 1 unspecified atom stereocenters. The van der Waals surface area contributed by atoms with Gasteiger partial charge >= 0.3 is 0 Å². The molecule has 2 amide bonds. The van der Waals surface area contributed by atoms with Crippen LogP contribution in [0.4, 0.5) is 5.69 Å².